The highest BCUT2D eigenvalue weighted by Crippen LogP contribution is 2.46. The highest BCUT2D eigenvalue weighted by molar-refractivity contribution is 7.98. The van der Waals surface area contributed by atoms with Crippen LogP contribution in [0.5, 0.6) is 0 Å². The molecule has 0 bridgehead atoms. The zero-order valence-corrected chi connectivity index (χ0v) is 18.1. The van der Waals surface area contributed by atoms with Gasteiger partial charge in [-0.25, -0.2) is 0 Å². The number of nitrogens with zero attached hydrogens (tertiary/aromatic N) is 3. The third-order valence-corrected chi connectivity index (χ3v) is 7.62. The van der Waals surface area contributed by atoms with Crippen LogP contribution < -0.4 is 0 Å². The first-order valence-corrected chi connectivity index (χ1v) is 11.8. The van der Waals surface area contributed by atoms with Gasteiger partial charge in [-0.1, -0.05) is 32.0 Å². The van der Waals surface area contributed by atoms with Gasteiger partial charge in [0.05, 0.1) is 24.9 Å². The van der Waals surface area contributed by atoms with Crippen molar-refractivity contribution in [1.29, 1.82) is 0 Å². The summed E-state index contributed by atoms with van der Waals surface area (Å²) in [4.78, 5) is 16.6. The van der Waals surface area contributed by atoms with Crippen LogP contribution in [0.25, 0.3) is 11.3 Å². The first-order valence-electron chi connectivity index (χ1n) is 10.8. The number of fused-ring (bicyclic) bond motifs is 3. The minimum atomic E-state index is 0.0696. The zero-order valence-electron chi connectivity index (χ0n) is 17.3. The normalized spacial score (nSPS) is 26.7. The second kappa shape index (κ2) is 7.80. The number of benzene rings is 1. The molecule has 1 aromatic carbocycles. The van der Waals surface area contributed by atoms with Crippen molar-refractivity contribution in [3.8, 4) is 11.3 Å². The van der Waals surface area contributed by atoms with E-state index < -0.39 is 0 Å². The van der Waals surface area contributed by atoms with Crippen LogP contribution in [0.1, 0.15) is 55.2 Å². The second-order valence-electron chi connectivity index (χ2n) is 8.88. The molecule has 2 aromatic rings. The third kappa shape index (κ3) is 3.50. The Bertz CT molecular complexity index is 909. The molecular formula is C23H29N3O2S. The molecule has 2 unspecified atom stereocenters. The van der Waals surface area contributed by atoms with Crippen molar-refractivity contribution >= 4 is 17.7 Å². The fraction of sp³-hybridized carbons (Fsp3) is 0.565. The van der Waals surface area contributed by atoms with Crippen LogP contribution >= 0.6 is 11.8 Å². The summed E-state index contributed by atoms with van der Waals surface area (Å²) in [6.45, 7) is 7.24. The van der Waals surface area contributed by atoms with E-state index in [2.05, 4.69) is 42.8 Å². The maximum absolute atomic E-state index is 13.4. The van der Waals surface area contributed by atoms with Gasteiger partial charge in [-0.15, -0.1) is 11.8 Å². The third-order valence-electron chi connectivity index (χ3n) is 6.52. The molecule has 0 spiro atoms. The molecule has 1 aromatic heterocycles. The van der Waals surface area contributed by atoms with E-state index >= 15 is 0 Å². The van der Waals surface area contributed by atoms with Gasteiger partial charge in [0.2, 0.25) is 0 Å². The van der Waals surface area contributed by atoms with Crippen LogP contribution in [0.4, 0.5) is 0 Å². The molecule has 3 aliphatic rings. The van der Waals surface area contributed by atoms with Crippen molar-refractivity contribution < 1.29 is 9.53 Å². The van der Waals surface area contributed by atoms with E-state index in [4.69, 9.17) is 9.84 Å². The van der Waals surface area contributed by atoms with Gasteiger partial charge in [0.15, 0.2) is 5.69 Å². The zero-order chi connectivity index (χ0) is 20.0. The van der Waals surface area contributed by atoms with E-state index in [-0.39, 0.29) is 5.91 Å². The number of thioether (sulfide) groups is 1. The molecule has 1 saturated heterocycles. The lowest BCUT2D eigenvalue weighted by atomic mass is 9.80. The summed E-state index contributed by atoms with van der Waals surface area (Å²) in [5, 5.41) is 5.03. The number of hydrogen-bond acceptors (Lipinski definition) is 4. The van der Waals surface area contributed by atoms with Gasteiger partial charge >= 0.3 is 0 Å². The Morgan fingerprint density at radius 1 is 1.10 bits per heavy atom. The van der Waals surface area contributed by atoms with Crippen LogP contribution in [-0.2, 0) is 10.5 Å². The fourth-order valence-electron chi connectivity index (χ4n) is 5.29. The van der Waals surface area contributed by atoms with E-state index in [9.17, 15) is 4.79 Å². The average Bonchev–Trinajstić information content (AvgIpc) is 3.13. The molecular weight excluding hydrogens is 382 g/mol. The molecule has 2 fully saturated rings. The Kier molecular flexibility index (Phi) is 5.16. The van der Waals surface area contributed by atoms with Crippen LogP contribution in [0, 0.1) is 11.8 Å². The van der Waals surface area contributed by atoms with E-state index in [1.54, 1.807) is 0 Å². The monoisotopic (exact) mass is 411 g/mol. The number of amides is 1. The second-order valence-corrected chi connectivity index (χ2v) is 9.90. The van der Waals surface area contributed by atoms with Crippen LogP contribution in [0.3, 0.4) is 0 Å². The Morgan fingerprint density at radius 3 is 2.59 bits per heavy atom. The smallest absolute Gasteiger partial charge is 0.274 e. The lowest BCUT2D eigenvalue weighted by Crippen LogP contribution is -2.41. The van der Waals surface area contributed by atoms with Gasteiger partial charge in [0, 0.05) is 34.9 Å². The molecule has 0 N–H and O–H groups in total. The predicted octanol–water partition coefficient (Wildman–Crippen LogP) is 4.63. The van der Waals surface area contributed by atoms with Crippen molar-refractivity contribution in [2.24, 2.45) is 11.8 Å². The summed E-state index contributed by atoms with van der Waals surface area (Å²) in [5.74, 6) is 2.26. The minimum absolute atomic E-state index is 0.0696. The molecule has 1 aliphatic carbocycles. The number of rotatable bonds is 2. The SMILES string of the molecule is CC1CC(C)CC(n2nc(C(=O)N3CCOCC3)c3c2-c2ccccc2SC3)C1. The lowest BCUT2D eigenvalue weighted by Gasteiger charge is -2.33. The molecule has 0 radical (unpaired) electrons. The van der Waals surface area contributed by atoms with Gasteiger partial charge in [-0.3, -0.25) is 9.48 Å². The van der Waals surface area contributed by atoms with Gasteiger partial charge < -0.3 is 9.64 Å². The standard InChI is InChI=1S/C23H29N3O2S/c1-15-11-16(2)13-17(12-15)26-22-18-5-3-4-6-20(18)29-14-19(22)21(24-26)23(27)25-7-9-28-10-8-25/h3-6,15-17H,7-14H2,1-2H3. The van der Waals surface area contributed by atoms with Gasteiger partial charge in [-0.2, -0.15) is 5.10 Å². The van der Waals surface area contributed by atoms with Crippen molar-refractivity contribution in [2.75, 3.05) is 26.3 Å². The summed E-state index contributed by atoms with van der Waals surface area (Å²) in [6.07, 6.45) is 3.56. The number of aromatic nitrogens is 2. The molecule has 5 nitrogen and oxygen atoms in total. The van der Waals surface area contributed by atoms with Gasteiger partial charge in [0.1, 0.15) is 0 Å². The van der Waals surface area contributed by atoms with Crippen molar-refractivity contribution in [3.05, 3.63) is 35.5 Å². The predicted molar refractivity (Wildman–Crippen MR) is 115 cm³/mol. The van der Waals surface area contributed by atoms with Crippen LogP contribution in [0.15, 0.2) is 29.2 Å². The van der Waals surface area contributed by atoms with E-state index in [1.165, 1.54) is 22.6 Å². The number of ether oxygens (including phenoxy) is 1. The van der Waals surface area contributed by atoms with E-state index in [1.807, 2.05) is 16.7 Å². The van der Waals surface area contributed by atoms with Gasteiger partial charge in [-0.05, 0) is 37.2 Å². The van der Waals surface area contributed by atoms with E-state index in [0.717, 1.165) is 24.2 Å². The molecule has 3 heterocycles. The maximum atomic E-state index is 13.4. The molecule has 29 heavy (non-hydrogen) atoms. The molecule has 5 rings (SSSR count). The first-order chi connectivity index (χ1) is 14.1. The van der Waals surface area contributed by atoms with Crippen LogP contribution in [0.2, 0.25) is 0 Å². The number of carbonyl (C=O) groups is 1. The Hall–Kier alpha value is -1.79. The Balaban J connectivity index is 1.61. The van der Waals surface area contributed by atoms with Crippen molar-refractivity contribution in [1.82, 2.24) is 14.7 Å². The summed E-state index contributed by atoms with van der Waals surface area (Å²) in [5.41, 5.74) is 4.20. The lowest BCUT2D eigenvalue weighted by molar-refractivity contribution is 0.0297. The fourth-order valence-corrected chi connectivity index (χ4v) is 6.35. The summed E-state index contributed by atoms with van der Waals surface area (Å²) in [6, 6.07) is 8.95. The largest absolute Gasteiger partial charge is 0.378 e. The summed E-state index contributed by atoms with van der Waals surface area (Å²) in [7, 11) is 0. The first kappa shape index (κ1) is 19.2. The van der Waals surface area contributed by atoms with Gasteiger partial charge in [0.25, 0.3) is 5.91 Å². The van der Waals surface area contributed by atoms with Crippen molar-refractivity contribution in [2.45, 2.75) is 49.8 Å². The maximum Gasteiger partial charge on any atom is 0.274 e. The molecule has 6 heteroatoms. The van der Waals surface area contributed by atoms with Crippen LogP contribution in [-0.4, -0.2) is 46.9 Å². The highest BCUT2D eigenvalue weighted by Gasteiger charge is 2.35. The van der Waals surface area contributed by atoms with E-state index in [0.29, 0.717) is 49.9 Å². The molecule has 1 amide bonds. The molecule has 154 valence electrons. The summed E-state index contributed by atoms with van der Waals surface area (Å²) >= 11 is 1.82. The minimum Gasteiger partial charge on any atom is -0.378 e. The average molecular weight is 412 g/mol. The number of morpholine rings is 1. The Morgan fingerprint density at radius 2 is 1.83 bits per heavy atom. The van der Waals surface area contributed by atoms with Crippen molar-refractivity contribution in [3.63, 3.8) is 0 Å². The highest BCUT2D eigenvalue weighted by atomic mass is 32.2. The topological polar surface area (TPSA) is 47.4 Å². The quantitative estimate of drug-likeness (QED) is 0.723. The Labute approximate surface area is 176 Å². The number of carbonyl (C=O) groups excluding carboxylic acids is 1. The summed E-state index contributed by atoms with van der Waals surface area (Å²) < 4.78 is 7.68. The number of hydrogen-bond donors (Lipinski definition) is 0. The molecule has 2 aliphatic heterocycles. The molecule has 2 atom stereocenters. The molecule has 1 saturated carbocycles.